The van der Waals surface area contributed by atoms with Gasteiger partial charge < -0.3 is 9.84 Å². The molecule has 0 aliphatic rings. The summed E-state index contributed by atoms with van der Waals surface area (Å²) in [6, 6.07) is 7.73. The number of benzene rings is 1. The average Bonchev–Trinajstić information content (AvgIpc) is 2.46. The number of hydrogen-bond donors (Lipinski definition) is 2. The summed E-state index contributed by atoms with van der Waals surface area (Å²) in [5, 5.41) is 8.80. The maximum atomic E-state index is 12.2. The van der Waals surface area contributed by atoms with Crippen LogP contribution in [-0.2, 0) is 16.6 Å². The largest absolute Gasteiger partial charge is 0.497 e. The van der Waals surface area contributed by atoms with Crippen LogP contribution in [0.15, 0.2) is 46.0 Å². The fourth-order valence-electron chi connectivity index (χ4n) is 1.61. The van der Waals surface area contributed by atoms with Crippen molar-refractivity contribution in [2.24, 2.45) is 0 Å². The van der Waals surface area contributed by atoms with Crippen molar-refractivity contribution in [2.75, 3.05) is 11.8 Å². The van der Waals surface area contributed by atoms with E-state index in [1.165, 1.54) is 25.4 Å². The van der Waals surface area contributed by atoms with Crippen molar-refractivity contribution in [1.82, 2.24) is 4.98 Å². The number of aliphatic hydroxyl groups excluding tert-OH is 1. The number of halogens is 1. The highest BCUT2D eigenvalue weighted by atomic mass is 79.9. The van der Waals surface area contributed by atoms with E-state index in [9.17, 15) is 8.42 Å². The Kier molecular flexibility index (Phi) is 4.81. The number of ether oxygens (including phenoxy) is 1. The molecule has 0 spiro atoms. The van der Waals surface area contributed by atoms with Gasteiger partial charge in [0.25, 0.3) is 10.0 Å². The summed E-state index contributed by atoms with van der Waals surface area (Å²) < 4.78 is 32.6. The molecule has 1 aromatic heterocycles. The number of rotatable bonds is 5. The lowest BCUT2D eigenvalue weighted by molar-refractivity contribution is 0.281. The van der Waals surface area contributed by atoms with E-state index in [4.69, 9.17) is 9.84 Å². The number of aromatic nitrogens is 1. The van der Waals surface area contributed by atoms with Crippen LogP contribution in [0, 0.1) is 0 Å². The minimum absolute atomic E-state index is 0.126. The zero-order valence-corrected chi connectivity index (χ0v) is 13.5. The molecule has 8 heteroatoms. The molecule has 2 aromatic rings. The first-order chi connectivity index (χ1) is 9.94. The van der Waals surface area contributed by atoms with Crippen molar-refractivity contribution < 1.29 is 18.3 Å². The van der Waals surface area contributed by atoms with Crippen LogP contribution in [0.1, 0.15) is 5.56 Å². The van der Waals surface area contributed by atoms with Gasteiger partial charge in [-0.1, -0.05) is 22.0 Å². The molecule has 1 aromatic carbocycles. The van der Waals surface area contributed by atoms with Crippen molar-refractivity contribution in [1.29, 1.82) is 0 Å². The Labute approximate surface area is 131 Å². The molecule has 1 heterocycles. The van der Waals surface area contributed by atoms with E-state index in [1.54, 1.807) is 18.2 Å². The summed E-state index contributed by atoms with van der Waals surface area (Å²) in [7, 11) is -2.30. The number of nitrogens with zero attached hydrogens (tertiary/aromatic N) is 1. The second-order valence-corrected chi connectivity index (χ2v) is 6.69. The molecule has 2 N–H and O–H groups in total. The minimum Gasteiger partial charge on any atom is -0.497 e. The van der Waals surface area contributed by atoms with Gasteiger partial charge in [-0.2, -0.15) is 8.42 Å². The van der Waals surface area contributed by atoms with Gasteiger partial charge in [-0.15, -0.1) is 0 Å². The lowest BCUT2D eigenvalue weighted by atomic mass is 10.3. The fraction of sp³-hybridized carbons (Fsp3) is 0.154. The predicted octanol–water partition coefficient (Wildman–Crippen LogP) is 2.15. The van der Waals surface area contributed by atoms with Gasteiger partial charge in [-0.25, -0.2) is 4.98 Å². The van der Waals surface area contributed by atoms with E-state index in [1.807, 2.05) is 0 Å². The van der Waals surface area contributed by atoms with E-state index >= 15 is 0 Å². The molecule has 2 rings (SSSR count). The highest BCUT2D eigenvalue weighted by Gasteiger charge is 2.16. The zero-order chi connectivity index (χ0) is 15.5. The molecular formula is C13H13BrN2O4S. The molecule has 0 atom stereocenters. The third kappa shape index (κ3) is 3.93. The molecule has 0 amide bonds. The highest BCUT2D eigenvalue weighted by Crippen LogP contribution is 2.26. The Morgan fingerprint density at radius 2 is 2.10 bits per heavy atom. The Balaban J connectivity index is 2.30. The third-order valence-corrected chi connectivity index (χ3v) is 4.37. The first kappa shape index (κ1) is 15.7. The van der Waals surface area contributed by atoms with Crippen molar-refractivity contribution in [3.63, 3.8) is 0 Å². The summed E-state index contributed by atoms with van der Waals surface area (Å²) in [5.74, 6) is 0.519. The van der Waals surface area contributed by atoms with E-state index < -0.39 is 10.0 Å². The minimum atomic E-state index is -3.80. The molecule has 6 nitrogen and oxygen atoms in total. The van der Waals surface area contributed by atoms with Crippen LogP contribution < -0.4 is 9.46 Å². The average molecular weight is 373 g/mol. The van der Waals surface area contributed by atoms with Crippen molar-refractivity contribution in [3.05, 3.63) is 46.6 Å². The van der Waals surface area contributed by atoms with Crippen molar-refractivity contribution in [2.45, 2.75) is 11.6 Å². The highest BCUT2D eigenvalue weighted by molar-refractivity contribution is 9.10. The molecule has 0 saturated heterocycles. The summed E-state index contributed by atoms with van der Waals surface area (Å²) in [4.78, 5) is 3.83. The quantitative estimate of drug-likeness (QED) is 0.839. The SMILES string of the molecule is COc1cc(Br)cc(NS(=O)(=O)c2ccc(CO)cn2)c1. The van der Waals surface area contributed by atoms with Crippen LogP contribution in [0.25, 0.3) is 0 Å². The molecule has 0 saturated carbocycles. The molecule has 0 aliphatic carbocycles. The van der Waals surface area contributed by atoms with Gasteiger partial charge in [0.1, 0.15) is 5.75 Å². The Morgan fingerprint density at radius 1 is 1.33 bits per heavy atom. The number of anilines is 1. The van der Waals surface area contributed by atoms with Crippen LogP contribution >= 0.6 is 15.9 Å². The number of sulfonamides is 1. The molecule has 112 valence electrons. The van der Waals surface area contributed by atoms with Crippen molar-refractivity contribution >= 4 is 31.6 Å². The monoisotopic (exact) mass is 372 g/mol. The summed E-state index contributed by atoms with van der Waals surface area (Å²) in [6.45, 7) is -0.191. The number of hydrogen-bond acceptors (Lipinski definition) is 5. The number of aliphatic hydroxyl groups is 1. The number of pyridine rings is 1. The second kappa shape index (κ2) is 6.42. The van der Waals surface area contributed by atoms with Gasteiger partial charge in [-0.05, 0) is 23.8 Å². The van der Waals surface area contributed by atoms with Gasteiger partial charge in [0, 0.05) is 16.7 Å². The molecular weight excluding hydrogens is 360 g/mol. The Hall–Kier alpha value is -1.64. The lowest BCUT2D eigenvalue weighted by Crippen LogP contribution is -2.14. The van der Waals surface area contributed by atoms with Gasteiger partial charge in [0.05, 0.1) is 19.4 Å². The van der Waals surface area contributed by atoms with Gasteiger partial charge >= 0.3 is 0 Å². The summed E-state index contributed by atoms with van der Waals surface area (Å²) in [6.07, 6.45) is 1.32. The van der Waals surface area contributed by atoms with E-state index in [0.717, 1.165) is 0 Å². The standard InChI is InChI=1S/C13H13BrN2O4S/c1-20-12-5-10(14)4-11(6-12)16-21(18,19)13-3-2-9(8-17)7-15-13/h2-7,16-17H,8H2,1H3. The van der Waals surface area contributed by atoms with Crippen LogP contribution in [0.3, 0.4) is 0 Å². The molecule has 0 aliphatic heterocycles. The van der Waals surface area contributed by atoms with E-state index in [0.29, 0.717) is 21.5 Å². The van der Waals surface area contributed by atoms with Crippen LogP contribution in [-0.4, -0.2) is 25.6 Å². The van der Waals surface area contributed by atoms with Crippen LogP contribution in [0.2, 0.25) is 0 Å². The van der Waals surface area contributed by atoms with Gasteiger partial charge in [0.15, 0.2) is 5.03 Å². The van der Waals surface area contributed by atoms with Crippen LogP contribution in [0.5, 0.6) is 5.75 Å². The second-order valence-electron chi connectivity index (χ2n) is 4.15. The maximum absolute atomic E-state index is 12.2. The number of nitrogens with one attached hydrogen (secondary N) is 1. The maximum Gasteiger partial charge on any atom is 0.279 e. The first-order valence-corrected chi connectivity index (χ1v) is 8.15. The summed E-state index contributed by atoms with van der Waals surface area (Å²) >= 11 is 3.28. The Morgan fingerprint density at radius 3 is 2.67 bits per heavy atom. The third-order valence-electron chi connectivity index (χ3n) is 2.61. The zero-order valence-electron chi connectivity index (χ0n) is 11.1. The van der Waals surface area contributed by atoms with Crippen molar-refractivity contribution in [3.8, 4) is 5.75 Å². The molecule has 0 unspecified atom stereocenters. The first-order valence-electron chi connectivity index (χ1n) is 5.88. The molecule has 0 radical (unpaired) electrons. The molecule has 21 heavy (non-hydrogen) atoms. The van der Waals surface area contributed by atoms with E-state index in [-0.39, 0.29) is 11.6 Å². The normalized spacial score (nSPS) is 11.2. The smallest absolute Gasteiger partial charge is 0.279 e. The van der Waals surface area contributed by atoms with Gasteiger partial charge in [0.2, 0.25) is 0 Å². The fourth-order valence-corrected chi connectivity index (χ4v) is 3.05. The number of methoxy groups -OCH3 is 1. The van der Waals surface area contributed by atoms with Gasteiger partial charge in [-0.3, -0.25) is 4.72 Å². The molecule has 0 bridgehead atoms. The topological polar surface area (TPSA) is 88.5 Å². The molecule has 0 fully saturated rings. The predicted molar refractivity (Wildman–Crippen MR) is 81.7 cm³/mol. The lowest BCUT2D eigenvalue weighted by Gasteiger charge is -2.10. The summed E-state index contributed by atoms with van der Waals surface area (Å²) in [5.41, 5.74) is 0.896. The van der Waals surface area contributed by atoms with Crippen LogP contribution in [0.4, 0.5) is 5.69 Å². The van der Waals surface area contributed by atoms with E-state index in [2.05, 4.69) is 25.6 Å². The Bertz CT molecular complexity index is 732.